The number of aliphatic hydroxyl groups excluding tert-OH is 1. The first-order chi connectivity index (χ1) is 14.2. The predicted molar refractivity (Wildman–Crippen MR) is 112 cm³/mol. The zero-order valence-corrected chi connectivity index (χ0v) is 16.4. The lowest BCUT2D eigenvalue weighted by Gasteiger charge is -2.37. The van der Waals surface area contributed by atoms with Crippen molar-refractivity contribution in [3.8, 4) is 11.3 Å². The topological polar surface area (TPSA) is 93.1 Å². The van der Waals surface area contributed by atoms with Gasteiger partial charge in [-0.3, -0.25) is 9.67 Å². The molecule has 3 aliphatic rings. The Morgan fingerprint density at radius 1 is 1.14 bits per heavy atom. The zero-order valence-electron chi connectivity index (χ0n) is 16.4. The van der Waals surface area contributed by atoms with E-state index in [1.807, 2.05) is 12.3 Å². The van der Waals surface area contributed by atoms with Gasteiger partial charge in [0.25, 0.3) is 0 Å². The molecule has 0 spiro atoms. The summed E-state index contributed by atoms with van der Waals surface area (Å²) < 4.78 is 2.15. The molecule has 1 aliphatic heterocycles. The molecule has 1 aromatic carbocycles. The van der Waals surface area contributed by atoms with E-state index in [4.69, 9.17) is 15.8 Å². The Kier molecular flexibility index (Phi) is 3.89. The van der Waals surface area contributed by atoms with E-state index in [1.165, 1.54) is 18.5 Å². The van der Waals surface area contributed by atoms with Crippen LogP contribution in [0.5, 0.6) is 0 Å². The maximum Gasteiger partial charge on any atom is 0.0927 e. The highest BCUT2D eigenvalue weighted by atomic mass is 16.3. The van der Waals surface area contributed by atoms with Gasteiger partial charge in [-0.15, -0.1) is 0 Å². The fourth-order valence-electron chi connectivity index (χ4n) is 4.55. The van der Waals surface area contributed by atoms with Crippen molar-refractivity contribution in [3.05, 3.63) is 36.3 Å². The molecule has 3 aromatic rings. The van der Waals surface area contributed by atoms with Crippen LogP contribution in [0.1, 0.15) is 43.3 Å². The molecule has 0 bridgehead atoms. The van der Waals surface area contributed by atoms with Crippen LogP contribution in [-0.2, 0) is 0 Å². The number of benzene rings is 1. The van der Waals surface area contributed by atoms with Gasteiger partial charge in [0.2, 0.25) is 0 Å². The van der Waals surface area contributed by atoms with Crippen molar-refractivity contribution in [1.29, 1.82) is 0 Å². The average Bonchev–Trinajstić information content (AvgIpc) is 3.43. The molecule has 0 atom stereocenters. The normalized spacial score (nSPS) is 24.6. The number of hydrogen-bond acceptors (Lipinski definition) is 6. The Labute approximate surface area is 169 Å². The van der Waals surface area contributed by atoms with Gasteiger partial charge in [-0.1, -0.05) is 0 Å². The minimum Gasteiger partial charge on any atom is -0.389 e. The van der Waals surface area contributed by atoms with Crippen molar-refractivity contribution < 1.29 is 5.11 Å². The van der Waals surface area contributed by atoms with Crippen molar-refractivity contribution >= 4 is 16.7 Å². The van der Waals surface area contributed by atoms with E-state index >= 15 is 0 Å². The van der Waals surface area contributed by atoms with Crippen LogP contribution in [0.3, 0.4) is 0 Å². The minimum atomic E-state index is -0.222. The van der Waals surface area contributed by atoms with Gasteiger partial charge in [0.05, 0.1) is 40.8 Å². The first kappa shape index (κ1) is 17.4. The summed E-state index contributed by atoms with van der Waals surface area (Å²) in [6.45, 7) is 2.14. The second kappa shape index (κ2) is 6.50. The van der Waals surface area contributed by atoms with E-state index in [1.54, 1.807) is 0 Å². The van der Waals surface area contributed by atoms with Crippen molar-refractivity contribution in [3.63, 3.8) is 0 Å². The number of β-amino-alcohol motifs (C(OH)–C–C–N with tert-alkyl or cyclic N) is 1. The van der Waals surface area contributed by atoms with E-state index in [-0.39, 0.29) is 6.10 Å². The van der Waals surface area contributed by atoms with Crippen LogP contribution in [0.25, 0.3) is 22.3 Å². The van der Waals surface area contributed by atoms with Crippen LogP contribution in [0.2, 0.25) is 0 Å². The van der Waals surface area contributed by atoms with Gasteiger partial charge in [-0.05, 0) is 56.3 Å². The van der Waals surface area contributed by atoms with Crippen LogP contribution in [0.15, 0.2) is 30.6 Å². The number of rotatable bonds is 5. The molecule has 7 nitrogen and oxygen atoms in total. The molecule has 2 aliphatic carbocycles. The largest absolute Gasteiger partial charge is 0.389 e. The molecule has 3 heterocycles. The fraction of sp³-hybridized carbons (Fsp3) is 0.500. The molecule has 150 valence electrons. The molecule has 6 rings (SSSR count). The number of anilines is 1. The molecule has 7 heteroatoms. The quantitative estimate of drug-likeness (QED) is 0.695. The van der Waals surface area contributed by atoms with Crippen LogP contribution in [0, 0.1) is 5.92 Å². The molecule has 2 saturated carbocycles. The van der Waals surface area contributed by atoms with E-state index < -0.39 is 0 Å². The minimum absolute atomic E-state index is 0.222. The standard InChI is InChI=1S/C22H26N6O/c23-8-13-5-16(6-13)28-12-18(22(26-28)14-1-2-14)21-9-24-19-4-3-15(7-20(19)25-21)27-10-17(29)11-27/h3-4,7,9,12-14,16-17,29H,1-2,5-6,8,10-11,23H2. The predicted octanol–water partition coefficient (Wildman–Crippen LogP) is 2.46. The van der Waals surface area contributed by atoms with Crippen LogP contribution in [-0.4, -0.2) is 50.6 Å². The van der Waals surface area contributed by atoms with Crippen molar-refractivity contribution in [2.75, 3.05) is 24.5 Å². The van der Waals surface area contributed by atoms with Gasteiger partial charge in [0.1, 0.15) is 0 Å². The van der Waals surface area contributed by atoms with Crippen molar-refractivity contribution in [1.82, 2.24) is 19.7 Å². The summed E-state index contributed by atoms with van der Waals surface area (Å²) >= 11 is 0. The summed E-state index contributed by atoms with van der Waals surface area (Å²) in [5.41, 5.74) is 11.9. The lowest BCUT2D eigenvalue weighted by molar-refractivity contribution is 0.142. The summed E-state index contributed by atoms with van der Waals surface area (Å²) in [6.07, 6.45) is 8.50. The third kappa shape index (κ3) is 3.00. The monoisotopic (exact) mass is 390 g/mol. The first-order valence-corrected chi connectivity index (χ1v) is 10.7. The lowest BCUT2D eigenvalue weighted by Crippen LogP contribution is -2.50. The highest BCUT2D eigenvalue weighted by molar-refractivity contribution is 5.81. The number of nitrogens with zero attached hydrogens (tertiary/aromatic N) is 5. The molecule has 0 amide bonds. The molecule has 3 N–H and O–H groups in total. The van der Waals surface area contributed by atoms with Gasteiger partial charge in [-0.2, -0.15) is 5.10 Å². The molecular weight excluding hydrogens is 364 g/mol. The average molecular weight is 390 g/mol. The highest BCUT2D eigenvalue weighted by Crippen LogP contribution is 2.45. The maximum absolute atomic E-state index is 9.59. The van der Waals surface area contributed by atoms with E-state index in [0.29, 0.717) is 31.0 Å². The molecular formula is C22H26N6O. The van der Waals surface area contributed by atoms with Gasteiger partial charge in [0.15, 0.2) is 0 Å². The summed E-state index contributed by atoms with van der Waals surface area (Å²) in [6, 6.07) is 6.61. The summed E-state index contributed by atoms with van der Waals surface area (Å²) in [4.78, 5) is 11.8. The first-order valence-electron chi connectivity index (χ1n) is 10.7. The Bertz CT molecular complexity index is 1060. The molecule has 3 fully saturated rings. The van der Waals surface area contributed by atoms with E-state index in [9.17, 15) is 5.11 Å². The third-order valence-corrected chi connectivity index (χ3v) is 6.67. The summed E-state index contributed by atoms with van der Waals surface area (Å²) in [7, 11) is 0. The molecule has 2 aromatic heterocycles. The number of aromatic nitrogens is 4. The zero-order chi connectivity index (χ0) is 19.5. The fourth-order valence-corrected chi connectivity index (χ4v) is 4.55. The van der Waals surface area contributed by atoms with Crippen molar-refractivity contribution in [2.24, 2.45) is 11.7 Å². The van der Waals surface area contributed by atoms with E-state index in [0.717, 1.165) is 47.4 Å². The molecule has 29 heavy (non-hydrogen) atoms. The SMILES string of the molecule is NCC1CC(n2cc(-c3cnc4ccc(N5CC(O)C5)cc4n3)c(C3CC3)n2)C1. The maximum atomic E-state index is 9.59. The van der Waals surface area contributed by atoms with E-state index in [2.05, 4.69) is 32.9 Å². The van der Waals surface area contributed by atoms with Crippen LogP contribution in [0.4, 0.5) is 5.69 Å². The smallest absolute Gasteiger partial charge is 0.0927 e. The highest BCUT2D eigenvalue weighted by Gasteiger charge is 2.34. The van der Waals surface area contributed by atoms with Gasteiger partial charge >= 0.3 is 0 Å². The van der Waals surface area contributed by atoms with Crippen LogP contribution >= 0.6 is 0 Å². The number of aliphatic hydroxyl groups is 1. The Morgan fingerprint density at radius 2 is 1.97 bits per heavy atom. The number of nitrogens with two attached hydrogens (primary N) is 1. The second-order valence-corrected chi connectivity index (χ2v) is 8.90. The molecule has 1 saturated heterocycles. The lowest BCUT2D eigenvalue weighted by atomic mass is 9.80. The van der Waals surface area contributed by atoms with Crippen molar-refractivity contribution in [2.45, 2.75) is 43.7 Å². The number of fused-ring (bicyclic) bond motifs is 1. The number of hydrogen-bond donors (Lipinski definition) is 2. The molecule has 0 unspecified atom stereocenters. The van der Waals surface area contributed by atoms with Crippen LogP contribution < -0.4 is 10.6 Å². The van der Waals surface area contributed by atoms with Gasteiger partial charge < -0.3 is 15.7 Å². The van der Waals surface area contributed by atoms with Gasteiger partial charge in [0, 0.05) is 36.5 Å². The Balaban J connectivity index is 1.35. The Morgan fingerprint density at radius 3 is 2.69 bits per heavy atom. The Hall–Kier alpha value is -2.51. The molecule has 0 radical (unpaired) electrons. The second-order valence-electron chi connectivity index (χ2n) is 8.90. The summed E-state index contributed by atoms with van der Waals surface area (Å²) in [5, 5.41) is 14.6. The van der Waals surface area contributed by atoms with Gasteiger partial charge in [-0.25, -0.2) is 4.98 Å². The summed E-state index contributed by atoms with van der Waals surface area (Å²) in [5.74, 6) is 1.19. The third-order valence-electron chi connectivity index (χ3n) is 6.67.